The molecule has 8 heteroatoms. The van der Waals surface area contributed by atoms with Gasteiger partial charge in [0, 0.05) is 24.4 Å². The zero-order valence-corrected chi connectivity index (χ0v) is 17.5. The van der Waals surface area contributed by atoms with Crippen LogP contribution in [0, 0.1) is 6.92 Å². The van der Waals surface area contributed by atoms with Gasteiger partial charge in [-0.2, -0.15) is 0 Å². The average Bonchev–Trinajstić information content (AvgIpc) is 3.35. The number of carbonyl (C=O) groups is 1. The number of nitrogens with zero attached hydrogens (tertiary/aromatic N) is 4. The van der Waals surface area contributed by atoms with Crippen molar-refractivity contribution in [3.63, 3.8) is 0 Å². The fourth-order valence-electron chi connectivity index (χ4n) is 3.93. The topological polar surface area (TPSA) is 112 Å². The molecule has 0 aliphatic heterocycles. The van der Waals surface area contributed by atoms with Gasteiger partial charge in [0.25, 0.3) is 5.91 Å². The standard InChI is InChI=1S/C24H20N6O2/c1-14-5-3-6-15(11-14)20-21(28-23(27-20)22(25)31)16-8-9-18-19(12-16)29(2)24(32)30(18)17-7-4-10-26-13-17/h3-13H,1-2H3,(H2,25,31)(H,27,28). The van der Waals surface area contributed by atoms with Gasteiger partial charge in [0.1, 0.15) is 0 Å². The first kappa shape index (κ1) is 19.5. The van der Waals surface area contributed by atoms with E-state index in [2.05, 4.69) is 15.0 Å². The number of aromatic amines is 1. The molecular formula is C24H20N6O2. The maximum atomic E-state index is 13.0. The number of hydrogen-bond donors (Lipinski definition) is 2. The van der Waals surface area contributed by atoms with E-state index in [-0.39, 0.29) is 11.5 Å². The lowest BCUT2D eigenvalue weighted by Crippen LogP contribution is -2.20. The van der Waals surface area contributed by atoms with Gasteiger partial charge in [-0.3, -0.25) is 18.9 Å². The lowest BCUT2D eigenvalue weighted by Gasteiger charge is -2.06. The maximum Gasteiger partial charge on any atom is 0.333 e. The predicted molar refractivity (Wildman–Crippen MR) is 123 cm³/mol. The van der Waals surface area contributed by atoms with E-state index in [9.17, 15) is 9.59 Å². The van der Waals surface area contributed by atoms with Crippen LogP contribution >= 0.6 is 0 Å². The van der Waals surface area contributed by atoms with E-state index in [1.54, 1.807) is 34.6 Å². The monoisotopic (exact) mass is 424 g/mol. The van der Waals surface area contributed by atoms with Crippen LogP contribution in [0.3, 0.4) is 0 Å². The minimum Gasteiger partial charge on any atom is -0.363 e. The SMILES string of the molecule is Cc1cccc(-c2[nH]c(C(N)=O)nc2-c2ccc3c(c2)n(C)c(=O)n3-c2cccnc2)c1. The van der Waals surface area contributed by atoms with Crippen molar-refractivity contribution in [1.82, 2.24) is 24.1 Å². The summed E-state index contributed by atoms with van der Waals surface area (Å²) in [5.41, 5.74) is 11.5. The van der Waals surface area contributed by atoms with Crippen molar-refractivity contribution < 1.29 is 4.79 Å². The number of benzene rings is 2. The van der Waals surface area contributed by atoms with E-state index in [4.69, 9.17) is 5.73 Å². The van der Waals surface area contributed by atoms with Crippen molar-refractivity contribution in [3.8, 4) is 28.2 Å². The van der Waals surface area contributed by atoms with Gasteiger partial charge >= 0.3 is 5.69 Å². The molecule has 3 heterocycles. The third-order valence-electron chi connectivity index (χ3n) is 5.48. The molecule has 1 amide bonds. The number of amides is 1. The molecule has 3 aromatic heterocycles. The van der Waals surface area contributed by atoms with E-state index in [1.165, 1.54) is 0 Å². The fraction of sp³-hybridized carbons (Fsp3) is 0.0833. The highest BCUT2D eigenvalue weighted by Gasteiger charge is 2.19. The summed E-state index contributed by atoms with van der Waals surface area (Å²) < 4.78 is 3.20. The third-order valence-corrected chi connectivity index (χ3v) is 5.48. The molecule has 0 fully saturated rings. The number of imidazole rings is 2. The number of nitrogens with one attached hydrogen (secondary N) is 1. The number of hydrogen-bond acceptors (Lipinski definition) is 4. The molecule has 3 N–H and O–H groups in total. The number of carbonyl (C=O) groups excluding carboxylic acids is 1. The molecule has 0 saturated heterocycles. The van der Waals surface area contributed by atoms with Crippen LogP contribution in [0.4, 0.5) is 0 Å². The van der Waals surface area contributed by atoms with E-state index in [0.717, 1.165) is 27.7 Å². The molecule has 5 rings (SSSR count). The molecule has 0 unspecified atom stereocenters. The number of primary amides is 1. The van der Waals surface area contributed by atoms with Gasteiger partial charge in [-0.1, -0.05) is 29.8 Å². The normalized spacial score (nSPS) is 11.2. The Bertz CT molecular complexity index is 1540. The number of rotatable bonds is 4. The Hall–Kier alpha value is -4.46. The quantitative estimate of drug-likeness (QED) is 0.461. The molecular weight excluding hydrogens is 404 g/mol. The van der Waals surface area contributed by atoms with Gasteiger partial charge in [-0.15, -0.1) is 0 Å². The second kappa shape index (κ2) is 7.35. The largest absolute Gasteiger partial charge is 0.363 e. The number of fused-ring (bicyclic) bond motifs is 1. The summed E-state index contributed by atoms with van der Waals surface area (Å²) in [5, 5.41) is 0. The first-order valence-corrected chi connectivity index (χ1v) is 10.0. The summed E-state index contributed by atoms with van der Waals surface area (Å²) >= 11 is 0. The highest BCUT2D eigenvalue weighted by Crippen LogP contribution is 2.32. The smallest absolute Gasteiger partial charge is 0.333 e. The predicted octanol–water partition coefficient (Wildman–Crippen LogP) is 3.19. The number of aromatic nitrogens is 5. The summed E-state index contributed by atoms with van der Waals surface area (Å²) in [6.45, 7) is 2.00. The summed E-state index contributed by atoms with van der Waals surface area (Å²) in [6.07, 6.45) is 3.32. The second-order valence-corrected chi connectivity index (χ2v) is 7.63. The average molecular weight is 424 g/mol. The Morgan fingerprint density at radius 2 is 1.88 bits per heavy atom. The molecule has 0 spiro atoms. The van der Waals surface area contributed by atoms with Gasteiger partial charge in [0.05, 0.1) is 34.3 Å². The van der Waals surface area contributed by atoms with E-state index >= 15 is 0 Å². The van der Waals surface area contributed by atoms with Gasteiger partial charge in [0.15, 0.2) is 5.82 Å². The molecule has 0 bridgehead atoms. The molecule has 0 atom stereocenters. The Labute approximate surface area is 183 Å². The van der Waals surface area contributed by atoms with Crippen LogP contribution in [-0.2, 0) is 7.05 Å². The Morgan fingerprint density at radius 3 is 2.59 bits per heavy atom. The van der Waals surface area contributed by atoms with E-state index in [1.807, 2.05) is 55.5 Å². The van der Waals surface area contributed by atoms with Crippen molar-refractivity contribution in [1.29, 1.82) is 0 Å². The molecule has 2 aromatic carbocycles. The number of H-pyrrole nitrogens is 1. The Balaban J connectivity index is 1.74. The molecule has 0 aliphatic rings. The highest BCUT2D eigenvalue weighted by atomic mass is 16.2. The lowest BCUT2D eigenvalue weighted by molar-refractivity contribution is 0.0991. The van der Waals surface area contributed by atoms with Crippen molar-refractivity contribution in [2.75, 3.05) is 0 Å². The minimum atomic E-state index is -0.638. The molecule has 0 aliphatic carbocycles. The molecule has 32 heavy (non-hydrogen) atoms. The summed E-state index contributed by atoms with van der Waals surface area (Å²) in [4.78, 5) is 36.5. The van der Waals surface area contributed by atoms with Crippen LogP contribution in [0.15, 0.2) is 71.8 Å². The summed E-state index contributed by atoms with van der Waals surface area (Å²) in [7, 11) is 1.72. The van der Waals surface area contributed by atoms with Crippen LogP contribution in [0.5, 0.6) is 0 Å². The van der Waals surface area contributed by atoms with E-state index < -0.39 is 5.91 Å². The van der Waals surface area contributed by atoms with Crippen molar-refractivity contribution >= 4 is 16.9 Å². The summed E-state index contributed by atoms with van der Waals surface area (Å²) in [6, 6.07) is 17.2. The van der Waals surface area contributed by atoms with E-state index in [0.29, 0.717) is 17.1 Å². The Morgan fingerprint density at radius 1 is 1.03 bits per heavy atom. The highest BCUT2D eigenvalue weighted by molar-refractivity contribution is 5.93. The first-order chi connectivity index (χ1) is 15.4. The van der Waals surface area contributed by atoms with Crippen LogP contribution < -0.4 is 11.4 Å². The Kier molecular flexibility index (Phi) is 4.48. The maximum absolute atomic E-state index is 13.0. The first-order valence-electron chi connectivity index (χ1n) is 10.0. The molecule has 0 saturated carbocycles. The molecule has 158 valence electrons. The van der Waals surface area contributed by atoms with Crippen LogP contribution in [-0.4, -0.2) is 30.0 Å². The van der Waals surface area contributed by atoms with Gasteiger partial charge in [-0.05, 0) is 37.3 Å². The second-order valence-electron chi connectivity index (χ2n) is 7.63. The molecule has 8 nitrogen and oxygen atoms in total. The van der Waals surface area contributed by atoms with Gasteiger partial charge in [-0.25, -0.2) is 9.78 Å². The van der Waals surface area contributed by atoms with Gasteiger partial charge < -0.3 is 10.7 Å². The van der Waals surface area contributed by atoms with Crippen molar-refractivity contribution in [3.05, 3.63) is 88.9 Å². The molecule has 5 aromatic rings. The third kappa shape index (κ3) is 3.09. The lowest BCUT2D eigenvalue weighted by atomic mass is 10.0. The molecule has 0 radical (unpaired) electrons. The van der Waals surface area contributed by atoms with Crippen molar-refractivity contribution in [2.45, 2.75) is 6.92 Å². The van der Waals surface area contributed by atoms with Crippen LogP contribution in [0.1, 0.15) is 16.2 Å². The number of aryl methyl sites for hydroxylation is 2. The van der Waals surface area contributed by atoms with Crippen LogP contribution in [0.2, 0.25) is 0 Å². The van der Waals surface area contributed by atoms with Crippen molar-refractivity contribution in [2.24, 2.45) is 12.8 Å². The van der Waals surface area contributed by atoms with Crippen LogP contribution in [0.25, 0.3) is 39.2 Å². The number of pyridine rings is 1. The zero-order chi connectivity index (χ0) is 22.4. The summed E-state index contributed by atoms with van der Waals surface area (Å²) in [5.74, 6) is -0.556. The number of nitrogens with two attached hydrogens (primary N) is 1. The fourth-order valence-corrected chi connectivity index (χ4v) is 3.93. The zero-order valence-electron chi connectivity index (χ0n) is 17.5. The van der Waals surface area contributed by atoms with Gasteiger partial charge in [0.2, 0.25) is 0 Å². The minimum absolute atomic E-state index is 0.0819.